The molecular formula is C18H16BrNO2. The topological polar surface area (TPSA) is 42.2 Å². The fraction of sp³-hybridized carbons (Fsp3) is 0.167. The highest BCUT2D eigenvalue weighted by molar-refractivity contribution is 9.10. The largest absolute Gasteiger partial charge is 0.451 e. The summed E-state index contributed by atoms with van der Waals surface area (Å²) in [5.41, 5.74) is 4.56. The second kappa shape index (κ2) is 5.61. The molecule has 0 aliphatic carbocycles. The lowest BCUT2D eigenvalue weighted by molar-refractivity contribution is 0.0998. The normalized spacial score (nSPS) is 10.9. The number of nitrogens with one attached hydrogen (secondary N) is 1. The zero-order valence-electron chi connectivity index (χ0n) is 12.7. The van der Waals surface area contributed by atoms with Crippen LogP contribution in [-0.2, 0) is 0 Å². The van der Waals surface area contributed by atoms with Crippen LogP contribution in [-0.4, -0.2) is 5.91 Å². The van der Waals surface area contributed by atoms with Crippen LogP contribution in [0.5, 0.6) is 0 Å². The van der Waals surface area contributed by atoms with Gasteiger partial charge >= 0.3 is 0 Å². The maximum Gasteiger partial charge on any atom is 0.291 e. The summed E-state index contributed by atoms with van der Waals surface area (Å²) in [7, 11) is 0. The number of amides is 1. The minimum atomic E-state index is -0.225. The van der Waals surface area contributed by atoms with Crippen molar-refractivity contribution in [3.8, 4) is 0 Å². The van der Waals surface area contributed by atoms with Crippen molar-refractivity contribution < 1.29 is 9.21 Å². The molecule has 1 N–H and O–H groups in total. The maximum atomic E-state index is 12.5. The molecule has 0 saturated heterocycles. The molecule has 0 atom stereocenters. The first kappa shape index (κ1) is 14.9. The van der Waals surface area contributed by atoms with Gasteiger partial charge in [0.05, 0.1) is 0 Å². The highest BCUT2D eigenvalue weighted by Gasteiger charge is 2.18. The Kier molecular flexibility index (Phi) is 3.79. The van der Waals surface area contributed by atoms with Crippen LogP contribution in [0.3, 0.4) is 0 Å². The Labute approximate surface area is 137 Å². The lowest BCUT2D eigenvalue weighted by atomic mass is 10.1. The van der Waals surface area contributed by atoms with E-state index < -0.39 is 0 Å². The maximum absolute atomic E-state index is 12.5. The lowest BCUT2D eigenvalue weighted by Gasteiger charge is -2.08. The quantitative estimate of drug-likeness (QED) is 0.669. The van der Waals surface area contributed by atoms with Crippen molar-refractivity contribution in [2.45, 2.75) is 20.8 Å². The van der Waals surface area contributed by atoms with Gasteiger partial charge in [-0.25, -0.2) is 0 Å². The summed E-state index contributed by atoms with van der Waals surface area (Å²) in [5.74, 6) is 0.129. The number of aryl methyl sites for hydroxylation is 3. The molecule has 22 heavy (non-hydrogen) atoms. The molecule has 4 heteroatoms. The predicted molar refractivity (Wildman–Crippen MR) is 92.5 cm³/mol. The van der Waals surface area contributed by atoms with Gasteiger partial charge in [0.1, 0.15) is 5.58 Å². The Morgan fingerprint density at radius 2 is 1.86 bits per heavy atom. The number of benzene rings is 2. The van der Waals surface area contributed by atoms with Crippen LogP contribution in [0.25, 0.3) is 11.0 Å². The molecular weight excluding hydrogens is 342 g/mol. The Morgan fingerprint density at radius 3 is 2.59 bits per heavy atom. The van der Waals surface area contributed by atoms with Crippen molar-refractivity contribution >= 4 is 38.5 Å². The Bertz CT molecular complexity index is 880. The zero-order chi connectivity index (χ0) is 15.9. The molecule has 0 aliphatic rings. The fourth-order valence-corrected chi connectivity index (χ4v) is 2.90. The van der Waals surface area contributed by atoms with Gasteiger partial charge in [-0.1, -0.05) is 33.6 Å². The van der Waals surface area contributed by atoms with Crippen molar-refractivity contribution in [2.75, 3.05) is 5.32 Å². The second-order valence-corrected chi connectivity index (χ2v) is 6.38. The van der Waals surface area contributed by atoms with Crippen LogP contribution in [0.15, 0.2) is 45.3 Å². The van der Waals surface area contributed by atoms with Crippen LogP contribution in [0.4, 0.5) is 5.69 Å². The highest BCUT2D eigenvalue weighted by atomic mass is 79.9. The summed E-state index contributed by atoms with van der Waals surface area (Å²) >= 11 is 3.44. The molecule has 3 aromatic rings. The van der Waals surface area contributed by atoms with Gasteiger partial charge in [-0.3, -0.25) is 4.79 Å². The summed E-state index contributed by atoms with van der Waals surface area (Å²) < 4.78 is 6.68. The molecule has 0 radical (unpaired) electrons. The standard InChI is InChI=1S/C18H16BrNO2/c1-10-4-6-15(11(2)8-10)20-18(21)17-12(3)14-9-13(19)5-7-16(14)22-17/h4-9H,1-3H3,(H,20,21). The van der Waals surface area contributed by atoms with Crippen molar-refractivity contribution in [3.63, 3.8) is 0 Å². The van der Waals surface area contributed by atoms with E-state index in [0.29, 0.717) is 11.3 Å². The number of halogens is 1. The van der Waals surface area contributed by atoms with Gasteiger partial charge in [-0.05, 0) is 50.6 Å². The van der Waals surface area contributed by atoms with Crippen molar-refractivity contribution in [1.29, 1.82) is 0 Å². The van der Waals surface area contributed by atoms with Gasteiger partial charge in [0.25, 0.3) is 5.91 Å². The van der Waals surface area contributed by atoms with E-state index in [0.717, 1.165) is 26.7 Å². The minimum Gasteiger partial charge on any atom is -0.451 e. The minimum absolute atomic E-state index is 0.225. The highest BCUT2D eigenvalue weighted by Crippen LogP contribution is 2.29. The van der Waals surface area contributed by atoms with Gasteiger partial charge in [-0.15, -0.1) is 0 Å². The van der Waals surface area contributed by atoms with Crippen LogP contribution < -0.4 is 5.32 Å². The summed E-state index contributed by atoms with van der Waals surface area (Å²) in [5, 5.41) is 3.87. The Hall–Kier alpha value is -2.07. The van der Waals surface area contributed by atoms with Crippen LogP contribution in [0, 0.1) is 20.8 Å². The van der Waals surface area contributed by atoms with Crippen LogP contribution >= 0.6 is 15.9 Å². The zero-order valence-corrected chi connectivity index (χ0v) is 14.2. The average Bonchev–Trinajstić information content (AvgIpc) is 2.79. The third-order valence-corrected chi connectivity index (χ3v) is 4.23. The number of fused-ring (bicyclic) bond motifs is 1. The third-order valence-electron chi connectivity index (χ3n) is 3.73. The molecule has 3 nitrogen and oxygen atoms in total. The molecule has 0 bridgehead atoms. The van der Waals surface area contributed by atoms with E-state index in [-0.39, 0.29) is 5.91 Å². The smallest absolute Gasteiger partial charge is 0.291 e. The van der Waals surface area contributed by atoms with Gasteiger partial charge < -0.3 is 9.73 Å². The van der Waals surface area contributed by atoms with E-state index in [4.69, 9.17) is 4.42 Å². The lowest BCUT2D eigenvalue weighted by Crippen LogP contribution is -2.13. The predicted octanol–water partition coefficient (Wildman–Crippen LogP) is 5.37. The molecule has 0 spiro atoms. The molecule has 0 aliphatic heterocycles. The first-order chi connectivity index (χ1) is 10.5. The van der Waals surface area contributed by atoms with Gasteiger partial charge in [0, 0.05) is 21.1 Å². The molecule has 3 rings (SSSR count). The van der Waals surface area contributed by atoms with Crippen molar-refractivity contribution in [2.24, 2.45) is 0 Å². The molecule has 112 valence electrons. The third kappa shape index (κ3) is 2.66. The summed E-state index contributed by atoms with van der Waals surface area (Å²) in [6, 6.07) is 11.7. The molecule has 0 saturated carbocycles. The molecule has 1 aromatic heterocycles. The van der Waals surface area contributed by atoms with E-state index in [1.165, 1.54) is 5.56 Å². The molecule has 1 heterocycles. The second-order valence-electron chi connectivity index (χ2n) is 5.47. The van der Waals surface area contributed by atoms with Gasteiger partial charge in [0.15, 0.2) is 5.76 Å². The molecule has 0 unspecified atom stereocenters. The SMILES string of the molecule is Cc1ccc(NC(=O)c2oc3ccc(Br)cc3c2C)c(C)c1. The fourth-order valence-electron chi connectivity index (χ4n) is 2.54. The van der Waals surface area contributed by atoms with Crippen molar-refractivity contribution in [3.05, 3.63) is 63.3 Å². The van der Waals surface area contributed by atoms with Crippen LogP contribution in [0.1, 0.15) is 27.2 Å². The van der Waals surface area contributed by atoms with E-state index in [1.54, 1.807) is 0 Å². The van der Waals surface area contributed by atoms with E-state index >= 15 is 0 Å². The van der Waals surface area contributed by atoms with Gasteiger partial charge in [-0.2, -0.15) is 0 Å². The number of carbonyl (C=O) groups excluding carboxylic acids is 1. The van der Waals surface area contributed by atoms with E-state index in [1.807, 2.05) is 57.2 Å². The summed E-state index contributed by atoms with van der Waals surface area (Å²) in [6.07, 6.45) is 0. The first-order valence-corrected chi connectivity index (χ1v) is 7.82. The molecule has 0 fully saturated rings. The summed E-state index contributed by atoms with van der Waals surface area (Å²) in [6.45, 7) is 5.90. The summed E-state index contributed by atoms with van der Waals surface area (Å²) in [4.78, 5) is 12.5. The van der Waals surface area contributed by atoms with Crippen LogP contribution in [0.2, 0.25) is 0 Å². The average molecular weight is 358 g/mol. The number of hydrogen-bond donors (Lipinski definition) is 1. The number of rotatable bonds is 2. The molecule has 1 amide bonds. The monoisotopic (exact) mass is 357 g/mol. The number of hydrogen-bond acceptors (Lipinski definition) is 2. The first-order valence-electron chi connectivity index (χ1n) is 7.03. The van der Waals surface area contributed by atoms with E-state index in [9.17, 15) is 4.79 Å². The van der Waals surface area contributed by atoms with Crippen molar-refractivity contribution in [1.82, 2.24) is 0 Å². The Morgan fingerprint density at radius 1 is 1.09 bits per heavy atom. The van der Waals surface area contributed by atoms with Gasteiger partial charge in [0.2, 0.25) is 0 Å². The van der Waals surface area contributed by atoms with E-state index in [2.05, 4.69) is 21.2 Å². The number of anilines is 1. The number of furan rings is 1. The molecule has 2 aromatic carbocycles. The number of carbonyl (C=O) groups is 1. The Balaban J connectivity index is 1.97.